The summed E-state index contributed by atoms with van der Waals surface area (Å²) in [6, 6.07) is 45.4. The van der Waals surface area contributed by atoms with Crippen molar-refractivity contribution >= 4 is 16.8 Å². The van der Waals surface area contributed by atoms with E-state index in [0.717, 1.165) is 22.3 Å². The Labute approximate surface area is 288 Å². The summed E-state index contributed by atoms with van der Waals surface area (Å²) in [7, 11) is 0. The van der Waals surface area contributed by atoms with Crippen LogP contribution in [0.5, 0.6) is 11.8 Å². The minimum absolute atomic E-state index is 0.0358. The minimum Gasteiger partial charge on any atom is -0.493 e. The van der Waals surface area contributed by atoms with Crippen LogP contribution in [0.4, 0.5) is 0 Å². The molecule has 0 aliphatic heterocycles. The van der Waals surface area contributed by atoms with E-state index in [4.69, 9.17) is 14.6 Å². The van der Waals surface area contributed by atoms with Crippen LogP contribution >= 0.6 is 0 Å². The molecule has 1 amide bonds. The molecule has 0 radical (unpaired) electrons. The molecule has 0 unspecified atom stereocenters. The van der Waals surface area contributed by atoms with Gasteiger partial charge in [0.25, 0.3) is 11.5 Å². The Balaban J connectivity index is 0.973. The molecular weight excluding hydrogens is 628 g/mol. The molecule has 0 atom stereocenters. The summed E-state index contributed by atoms with van der Waals surface area (Å²) >= 11 is 0. The molecule has 0 saturated heterocycles. The fourth-order valence-electron chi connectivity index (χ4n) is 6.03. The van der Waals surface area contributed by atoms with Gasteiger partial charge in [-0.2, -0.15) is 4.98 Å². The third-order valence-corrected chi connectivity index (χ3v) is 8.36. The summed E-state index contributed by atoms with van der Waals surface area (Å²) < 4.78 is 13.8. The first-order chi connectivity index (χ1) is 24.6. The number of carbonyl (C=O) groups excluding carboxylic acids is 1. The van der Waals surface area contributed by atoms with Crippen molar-refractivity contribution in [2.24, 2.45) is 0 Å². The summed E-state index contributed by atoms with van der Waals surface area (Å²) in [6.45, 7) is 0.993. The zero-order valence-corrected chi connectivity index (χ0v) is 27.1. The quantitative estimate of drug-likeness (QED) is 0.112. The van der Waals surface area contributed by atoms with E-state index in [1.807, 2.05) is 83.5 Å². The Morgan fingerprint density at radius 2 is 1.36 bits per heavy atom. The summed E-state index contributed by atoms with van der Waals surface area (Å²) in [4.78, 5) is 36.4. The maximum absolute atomic E-state index is 12.7. The molecule has 7 rings (SSSR count). The summed E-state index contributed by atoms with van der Waals surface area (Å²) in [5, 5.41) is 8.08. The van der Waals surface area contributed by atoms with Gasteiger partial charge in [-0.05, 0) is 46.5 Å². The number of rotatable bonds is 13. The van der Waals surface area contributed by atoms with E-state index in [-0.39, 0.29) is 23.9 Å². The number of amides is 1. The number of carbonyl (C=O) groups is 1. The Morgan fingerprint density at radius 3 is 2.04 bits per heavy atom. The van der Waals surface area contributed by atoms with Crippen LogP contribution in [-0.2, 0) is 12.1 Å². The average Bonchev–Trinajstić information content (AvgIpc) is 3.64. The van der Waals surface area contributed by atoms with Crippen LogP contribution in [0.3, 0.4) is 0 Å². The van der Waals surface area contributed by atoms with Crippen molar-refractivity contribution in [3.63, 3.8) is 0 Å². The lowest BCUT2D eigenvalue weighted by atomic mass is 9.77. The highest BCUT2D eigenvalue weighted by atomic mass is 16.5. The second-order valence-corrected chi connectivity index (χ2v) is 11.6. The first-order valence-corrected chi connectivity index (χ1v) is 16.3. The molecule has 0 aliphatic rings. The van der Waals surface area contributed by atoms with E-state index >= 15 is 0 Å². The van der Waals surface area contributed by atoms with Crippen molar-refractivity contribution in [1.29, 1.82) is 0 Å². The monoisotopic (exact) mass is 662 g/mol. The molecule has 10 heteroatoms. The smallest absolute Gasteiger partial charge is 0.335 e. The zero-order chi connectivity index (χ0) is 34.2. The van der Waals surface area contributed by atoms with Crippen LogP contribution in [0.2, 0.25) is 0 Å². The molecule has 7 aromatic rings. The molecule has 0 saturated carbocycles. The van der Waals surface area contributed by atoms with Gasteiger partial charge >= 0.3 is 6.01 Å². The molecule has 50 heavy (non-hydrogen) atoms. The Kier molecular flexibility index (Phi) is 9.41. The van der Waals surface area contributed by atoms with Gasteiger partial charge in [0.05, 0.1) is 24.1 Å². The van der Waals surface area contributed by atoms with Crippen LogP contribution in [-0.4, -0.2) is 43.9 Å². The Hall–Kier alpha value is -6.55. The van der Waals surface area contributed by atoms with Gasteiger partial charge in [0.2, 0.25) is 0 Å². The van der Waals surface area contributed by atoms with E-state index < -0.39 is 11.4 Å². The number of fused-ring (bicyclic) bond motifs is 1. The second kappa shape index (κ2) is 14.7. The van der Waals surface area contributed by atoms with Crippen LogP contribution < -0.4 is 20.3 Å². The number of ether oxygens (including phenoxy) is 2. The lowest BCUT2D eigenvalue weighted by Gasteiger charge is -2.35. The van der Waals surface area contributed by atoms with E-state index in [9.17, 15) is 9.59 Å². The summed E-state index contributed by atoms with van der Waals surface area (Å²) in [5.41, 5.74) is 3.31. The van der Waals surface area contributed by atoms with Crippen molar-refractivity contribution in [2.45, 2.75) is 18.5 Å². The van der Waals surface area contributed by atoms with E-state index in [1.165, 1.54) is 0 Å². The van der Waals surface area contributed by atoms with Gasteiger partial charge in [0.1, 0.15) is 17.6 Å². The maximum Gasteiger partial charge on any atom is 0.335 e. The molecule has 0 fully saturated rings. The first-order valence-electron chi connectivity index (χ1n) is 16.3. The number of aromatic nitrogens is 5. The topological polar surface area (TPSA) is 124 Å². The third-order valence-electron chi connectivity index (χ3n) is 8.36. The molecule has 248 valence electrons. The largest absolute Gasteiger partial charge is 0.493 e. The van der Waals surface area contributed by atoms with Crippen LogP contribution in [0.1, 0.15) is 39.3 Å². The van der Waals surface area contributed by atoms with Crippen molar-refractivity contribution in [3.05, 3.63) is 184 Å². The minimum atomic E-state index is -0.769. The number of nitrogens with zero attached hydrogens (tertiary/aromatic N) is 4. The van der Waals surface area contributed by atoms with Crippen LogP contribution in [0, 0.1) is 0 Å². The average molecular weight is 663 g/mol. The molecule has 0 spiro atoms. The van der Waals surface area contributed by atoms with Gasteiger partial charge in [0, 0.05) is 13.0 Å². The van der Waals surface area contributed by atoms with E-state index in [2.05, 4.69) is 56.7 Å². The highest BCUT2D eigenvalue weighted by Crippen LogP contribution is 2.40. The number of hydrogen-bond donors (Lipinski definition) is 2. The fourth-order valence-corrected chi connectivity index (χ4v) is 6.03. The van der Waals surface area contributed by atoms with Gasteiger partial charge in [-0.3, -0.25) is 9.59 Å². The second-order valence-electron chi connectivity index (χ2n) is 11.6. The van der Waals surface area contributed by atoms with Crippen molar-refractivity contribution in [1.82, 2.24) is 30.0 Å². The molecular formula is C40H34N6O4. The Morgan fingerprint density at radius 1 is 0.740 bits per heavy atom. The van der Waals surface area contributed by atoms with Crippen molar-refractivity contribution in [2.75, 3.05) is 13.2 Å². The summed E-state index contributed by atoms with van der Waals surface area (Å²) in [5.74, 6) is 0.155. The normalized spacial score (nSPS) is 11.3. The molecule has 10 nitrogen and oxygen atoms in total. The molecule has 2 heterocycles. The lowest BCUT2D eigenvalue weighted by Crippen LogP contribution is -2.38. The van der Waals surface area contributed by atoms with Gasteiger partial charge in [-0.25, -0.2) is 9.67 Å². The lowest BCUT2D eigenvalue weighted by molar-refractivity contribution is 0.0940. The van der Waals surface area contributed by atoms with E-state index in [1.54, 1.807) is 30.6 Å². The number of aromatic amines is 1. The highest BCUT2D eigenvalue weighted by Gasteiger charge is 2.39. The van der Waals surface area contributed by atoms with Crippen LogP contribution in [0.15, 0.2) is 151 Å². The predicted molar refractivity (Wildman–Crippen MR) is 190 cm³/mol. The van der Waals surface area contributed by atoms with Gasteiger partial charge < -0.3 is 19.8 Å². The number of benzene rings is 5. The maximum atomic E-state index is 12.7. The van der Waals surface area contributed by atoms with Gasteiger partial charge in [-0.1, -0.05) is 115 Å². The number of hydrogen-bond acceptors (Lipinski definition) is 7. The van der Waals surface area contributed by atoms with Gasteiger partial charge in [0.15, 0.2) is 5.82 Å². The zero-order valence-electron chi connectivity index (χ0n) is 27.1. The molecule has 5 aromatic carbocycles. The molecule has 2 N–H and O–H groups in total. The fraction of sp³-hybridized carbons (Fsp3) is 0.125. The standard InChI is InChI=1S/C40H34N6O4/c47-37-34-22-10-11-23-35(34)43-36(44-37)38(48)41-27-29-14-12-21-33(26-29)49-24-13-25-50-39-42-28-46(45-39)40(30-15-4-1-5-16-30,31-17-6-2-7-18-31)32-19-8-3-9-20-32/h1-12,14-23,26,28H,13,24-25,27H2,(H,41,48)(H,43,44,47). The number of nitrogens with one attached hydrogen (secondary N) is 2. The Bertz CT molecular complexity index is 2160. The van der Waals surface area contributed by atoms with Crippen molar-refractivity contribution in [3.8, 4) is 11.8 Å². The number of H-pyrrole nitrogens is 1. The van der Waals surface area contributed by atoms with Gasteiger partial charge in [-0.15, -0.1) is 5.10 Å². The van der Waals surface area contributed by atoms with Crippen LogP contribution in [0.25, 0.3) is 10.9 Å². The third kappa shape index (κ3) is 6.72. The molecule has 0 bridgehead atoms. The molecule has 0 aliphatic carbocycles. The number of para-hydroxylation sites is 1. The van der Waals surface area contributed by atoms with E-state index in [0.29, 0.717) is 36.3 Å². The highest BCUT2D eigenvalue weighted by molar-refractivity contribution is 5.92. The summed E-state index contributed by atoms with van der Waals surface area (Å²) in [6.07, 6.45) is 2.31. The first kappa shape index (κ1) is 32.0. The van der Waals surface area contributed by atoms with Crippen molar-refractivity contribution < 1.29 is 14.3 Å². The SMILES string of the molecule is O=C(NCc1cccc(OCCCOc2ncn(C(c3ccccc3)(c3ccccc3)c3ccccc3)n2)c1)c1nc2ccccc2c(=O)[nH]1. The molecule has 2 aromatic heterocycles. The predicted octanol–water partition coefficient (Wildman–Crippen LogP) is 6.13.